The summed E-state index contributed by atoms with van der Waals surface area (Å²) in [5.74, 6) is -0.350. The summed E-state index contributed by atoms with van der Waals surface area (Å²) >= 11 is 0. The van der Waals surface area contributed by atoms with E-state index in [2.05, 4.69) is 0 Å². The summed E-state index contributed by atoms with van der Waals surface area (Å²) in [5, 5.41) is 9.95. The van der Waals surface area contributed by atoms with Crippen molar-refractivity contribution in [3.8, 4) is 0 Å². The lowest BCUT2D eigenvalue weighted by Gasteiger charge is -2.44. The maximum Gasteiger partial charge on any atom is 0.189 e. The van der Waals surface area contributed by atoms with Crippen LogP contribution < -0.4 is 0 Å². The summed E-state index contributed by atoms with van der Waals surface area (Å²) in [7, 11) is 0. The third-order valence-corrected chi connectivity index (χ3v) is 4.32. The monoisotopic (exact) mass is 234 g/mol. The van der Waals surface area contributed by atoms with E-state index in [0.29, 0.717) is 6.42 Å². The van der Waals surface area contributed by atoms with Crippen LogP contribution in [0.4, 0.5) is 0 Å². The number of rotatable bonds is 1. The first-order chi connectivity index (χ1) is 7.86. The van der Waals surface area contributed by atoms with Crippen molar-refractivity contribution in [2.75, 3.05) is 0 Å². The molecule has 0 aromatic rings. The molecular formula is C14H18O3. The van der Waals surface area contributed by atoms with E-state index in [4.69, 9.17) is 0 Å². The van der Waals surface area contributed by atoms with Crippen molar-refractivity contribution in [2.24, 2.45) is 11.3 Å². The largest absolute Gasteiger partial charge is 0.393 e. The van der Waals surface area contributed by atoms with E-state index in [-0.39, 0.29) is 34.6 Å². The van der Waals surface area contributed by atoms with Gasteiger partial charge in [0.05, 0.1) is 11.7 Å². The van der Waals surface area contributed by atoms with Gasteiger partial charge in [0.2, 0.25) is 0 Å². The molecule has 3 atom stereocenters. The highest BCUT2D eigenvalue weighted by Crippen LogP contribution is 2.48. The lowest BCUT2D eigenvalue weighted by molar-refractivity contribution is -0.118. The molecule has 17 heavy (non-hydrogen) atoms. The van der Waals surface area contributed by atoms with Crippen LogP contribution in [0.5, 0.6) is 0 Å². The lowest BCUT2D eigenvalue weighted by atomic mass is 9.61. The molecule has 0 aromatic heterocycles. The van der Waals surface area contributed by atoms with E-state index in [1.54, 1.807) is 12.2 Å². The van der Waals surface area contributed by atoms with Crippen LogP contribution in [-0.4, -0.2) is 22.8 Å². The second kappa shape index (κ2) is 3.91. The van der Waals surface area contributed by atoms with Crippen LogP contribution >= 0.6 is 0 Å². The summed E-state index contributed by atoms with van der Waals surface area (Å²) in [6.45, 7) is 5.39. The third kappa shape index (κ3) is 1.78. The van der Waals surface area contributed by atoms with Crippen molar-refractivity contribution in [2.45, 2.75) is 39.7 Å². The van der Waals surface area contributed by atoms with Gasteiger partial charge in [0.25, 0.3) is 0 Å². The van der Waals surface area contributed by atoms with Gasteiger partial charge in [0.15, 0.2) is 11.6 Å². The number of fused-ring (bicyclic) bond motifs is 1. The zero-order valence-corrected chi connectivity index (χ0v) is 10.5. The molecular weight excluding hydrogens is 216 g/mol. The molecule has 0 aliphatic heterocycles. The minimum absolute atomic E-state index is 0.0324. The molecule has 0 aromatic carbocycles. The van der Waals surface area contributed by atoms with E-state index in [1.165, 1.54) is 6.92 Å². The van der Waals surface area contributed by atoms with Crippen LogP contribution in [0.15, 0.2) is 23.3 Å². The Morgan fingerprint density at radius 2 is 2.18 bits per heavy atom. The number of hydrogen-bond acceptors (Lipinski definition) is 3. The normalized spacial score (nSPS) is 37.1. The Bertz CT molecular complexity index is 444. The molecule has 0 bridgehead atoms. The average Bonchev–Trinajstić information content (AvgIpc) is 2.26. The summed E-state index contributed by atoms with van der Waals surface area (Å²) in [6.07, 6.45) is 4.42. The first-order valence-corrected chi connectivity index (χ1v) is 6.03. The highest BCUT2D eigenvalue weighted by Gasteiger charge is 2.43. The Hall–Kier alpha value is -1.22. The fourth-order valence-corrected chi connectivity index (χ4v) is 2.85. The number of Topliss-reactive ketones (excluding diaryl/α,β-unsaturated/α-hetero) is 1. The Labute approximate surface area is 101 Å². The topological polar surface area (TPSA) is 54.4 Å². The fraction of sp³-hybridized carbons (Fsp3) is 0.571. The van der Waals surface area contributed by atoms with Crippen LogP contribution in [0, 0.1) is 11.3 Å². The standard InChI is InChI=1S/C14H18O3/c1-8-12(16)5-4-10-6-13(17)11(9(2)15)7-14(8,10)3/h6-8,12,16H,4-5H2,1-3H3/t8-,12-,14+/m0/s1. The summed E-state index contributed by atoms with van der Waals surface area (Å²) in [4.78, 5) is 23.2. The van der Waals surface area contributed by atoms with Crippen LogP contribution in [0.3, 0.4) is 0 Å². The number of carbonyl (C=O) groups excluding carboxylic acids is 2. The number of hydrogen-bond donors (Lipinski definition) is 1. The molecule has 0 spiro atoms. The molecule has 2 rings (SSSR count). The zero-order chi connectivity index (χ0) is 12.8. The number of ketones is 2. The molecule has 0 amide bonds. The van der Waals surface area contributed by atoms with Gasteiger partial charge in [0, 0.05) is 5.41 Å². The van der Waals surface area contributed by atoms with Gasteiger partial charge in [-0.15, -0.1) is 0 Å². The van der Waals surface area contributed by atoms with Gasteiger partial charge >= 0.3 is 0 Å². The van der Waals surface area contributed by atoms with E-state index in [9.17, 15) is 14.7 Å². The van der Waals surface area contributed by atoms with E-state index < -0.39 is 0 Å². The van der Waals surface area contributed by atoms with Crippen LogP contribution in [0.1, 0.15) is 33.6 Å². The Morgan fingerprint density at radius 3 is 2.76 bits per heavy atom. The average molecular weight is 234 g/mol. The smallest absolute Gasteiger partial charge is 0.189 e. The first-order valence-electron chi connectivity index (χ1n) is 6.03. The lowest BCUT2D eigenvalue weighted by Crippen LogP contribution is -2.41. The predicted molar refractivity (Wildman–Crippen MR) is 64.4 cm³/mol. The second-order valence-corrected chi connectivity index (χ2v) is 5.33. The summed E-state index contributed by atoms with van der Waals surface area (Å²) < 4.78 is 0. The highest BCUT2D eigenvalue weighted by atomic mass is 16.3. The van der Waals surface area contributed by atoms with Crippen LogP contribution in [0.25, 0.3) is 0 Å². The molecule has 2 aliphatic rings. The zero-order valence-electron chi connectivity index (χ0n) is 10.5. The molecule has 1 saturated carbocycles. The Balaban J connectivity index is 2.49. The van der Waals surface area contributed by atoms with Crippen molar-refractivity contribution in [1.29, 1.82) is 0 Å². The first kappa shape index (κ1) is 12.2. The molecule has 0 unspecified atom stereocenters. The van der Waals surface area contributed by atoms with Gasteiger partial charge in [-0.3, -0.25) is 9.59 Å². The SMILES string of the molecule is CC(=O)C1=C[C@@]2(C)C(=CC1=O)CC[C@H](O)[C@@H]2C. The van der Waals surface area contributed by atoms with Crippen molar-refractivity contribution in [3.05, 3.63) is 23.3 Å². The van der Waals surface area contributed by atoms with Crippen molar-refractivity contribution in [1.82, 2.24) is 0 Å². The molecule has 1 fully saturated rings. The van der Waals surface area contributed by atoms with E-state index in [1.807, 2.05) is 13.8 Å². The Kier molecular flexibility index (Phi) is 2.82. The third-order valence-electron chi connectivity index (χ3n) is 4.32. The molecule has 92 valence electrons. The molecule has 0 radical (unpaired) electrons. The fourth-order valence-electron chi connectivity index (χ4n) is 2.85. The van der Waals surface area contributed by atoms with Crippen molar-refractivity contribution >= 4 is 11.6 Å². The maximum atomic E-state index is 11.8. The highest BCUT2D eigenvalue weighted by molar-refractivity contribution is 6.24. The van der Waals surface area contributed by atoms with E-state index >= 15 is 0 Å². The van der Waals surface area contributed by atoms with Gasteiger partial charge in [-0.2, -0.15) is 0 Å². The molecule has 0 heterocycles. The van der Waals surface area contributed by atoms with Crippen LogP contribution in [0.2, 0.25) is 0 Å². The van der Waals surface area contributed by atoms with Crippen molar-refractivity contribution < 1.29 is 14.7 Å². The molecule has 0 saturated heterocycles. The molecule has 2 aliphatic carbocycles. The molecule has 1 N–H and O–H groups in total. The number of allylic oxidation sites excluding steroid dienone is 4. The van der Waals surface area contributed by atoms with Gasteiger partial charge in [0.1, 0.15) is 0 Å². The molecule has 3 nitrogen and oxygen atoms in total. The quantitative estimate of drug-likeness (QED) is 0.704. The van der Waals surface area contributed by atoms with Gasteiger partial charge in [-0.1, -0.05) is 25.5 Å². The predicted octanol–water partition coefficient (Wildman–Crippen LogP) is 1.81. The van der Waals surface area contributed by atoms with Crippen molar-refractivity contribution in [3.63, 3.8) is 0 Å². The van der Waals surface area contributed by atoms with Gasteiger partial charge < -0.3 is 5.11 Å². The van der Waals surface area contributed by atoms with Crippen LogP contribution in [-0.2, 0) is 9.59 Å². The molecule has 3 heteroatoms. The minimum Gasteiger partial charge on any atom is -0.393 e. The summed E-state index contributed by atoms with van der Waals surface area (Å²) in [6, 6.07) is 0. The number of aliphatic hydroxyl groups excluding tert-OH is 1. The second-order valence-electron chi connectivity index (χ2n) is 5.33. The van der Waals surface area contributed by atoms with Gasteiger partial charge in [-0.25, -0.2) is 0 Å². The number of carbonyl (C=O) groups is 2. The summed E-state index contributed by atoms with van der Waals surface area (Å²) in [5.41, 5.74) is 0.953. The van der Waals surface area contributed by atoms with Gasteiger partial charge in [-0.05, 0) is 31.8 Å². The Morgan fingerprint density at radius 1 is 1.53 bits per heavy atom. The number of aliphatic hydroxyl groups is 1. The van der Waals surface area contributed by atoms with E-state index in [0.717, 1.165) is 12.0 Å². The maximum absolute atomic E-state index is 11.8. The minimum atomic E-state index is -0.366.